The molecule has 5 heteroatoms. The van der Waals surface area contributed by atoms with Crippen molar-refractivity contribution in [3.8, 4) is 0 Å². The molecule has 1 unspecified atom stereocenters. The molecule has 1 N–H and O–H groups in total. The second kappa shape index (κ2) is 4.28. The summed E-state index contributed by atoms with van der Waals surface area (Å²) in [5, 5.41) is 11.7. The van der Waals surface area contributed by atoms with Crippen molar-refractivity contribution in [2.75, 3.05) is 19.6 Å². The van der Waals surface area contributed by atoms with Crippen molar-refractivity contribution in [1.82, 2.24) is 25.0 Å². The van der Waals surface area contributed by atoms with Crippen molar-refractivity contribution < 1.29 is 0 Å². The summed E-state index contributed by atoms with van der Waals surface area (Å²) < 4.78 is 2.06. The van der Waals surface area contributed by atoms with Crippen molar-refractivity contribution >= 4 is 0 Å². The van der Waals surface area contributed by atoms with Crippen LogP contribution in [0.3, 0.4) is 0 Å². The lowest BCUT2D eigenvalue weighted by molar-refractivity contribution is 0.160. The highest BCUT2D eigenvalue weighted by Crippen LogP contribution is 2.08. The monoisotopic (exact) mass is 209 g/mol. The number of aromatic nitrogens is 3. The van der Waals surface area contributed by atoms with Crippen molar-refractivity contribution in [3.05, 3.63) is 11.6 Å². The number of piperazine rings is 1. The van der Waals surface area contributed by atoms with Gasteiger partial charge in [-0.3, -0.25) is 4.90 Å². The second-order valence-electron chi connectivity index (χ2n) is 4.25. The van der Waals surface area contributed by atoms with E-state index < -0.39 is 0 Å². The van der Waals surface area contributed by atoms with Gasteiger partial charge in [-0.05, 0) is 13.8 Å². The van der Waals surface area contributed by atoms with Crippen LogP contribution in [0.4, 0.5) is 0 Å². The van der Waals surface area contributed by atoms with Crippen LogP contribution < -0.4 is 5.32 Å². The lowest BCUT2D eigenvalue weighted by atomic mass is 10.2. The highest BCUT2D eigenvalue weighted by molar-refractivity contribution is 4.93. The fourth-order valence-electron chi connectivity index (χ4n) is 1.89. The van der Waals surface area contributed by atoms with Gasteiger partial charge in [0.05, 0.1) is 6.54 Å². The molecular formula is C10H19N5. The molecule has 0 amide bonds. The zero-order valence-corrected chi connectivity index (χ0v) is 9.69. The third-order valence-electron chi connectivity index (χ3n) is 3.17. The molecule has 0 bridgehead atoms. The first-order chi connectivity index (χ1) is 7.18. The van der Waals surface area contributed by atoms with Crippen LogP contribution in [0.15, 0.2) is 0 Å². The van der Waals surface area contributed by atoms with Gasteiger partial charge in [-0.1, -0.05) is 0 Å². The molecular weight excluding hydrogens is 190 g/mol. The summed E-state index contributed by atoms with van der Waals surface area (Å²) in [7, 11) is 2.03. The van der Waals surface area contributed by atoms with Gasteiger partial charge in [0.25, 0.3) is 0 Å². The van der Waals surface area contributed by atoms with Gasteiger partial charge in [-0.2, -0.15) is 0 Å². The molecule has 84 valence electrons. The zero-order valence-electron chi connectivity index (χ0n) is 9.69. The van der Waals surface area contributed by atoms with E-state index in [1.807, 2.05) is 14.0 Å². The Balaban J connectivity index is 2.04. The van der Waals surface area contributed by atoms with Crippen molar-refractivity contribution in [1.29, 1.82) is 0 Å². The van der Waals surface area contributed by atoms with Crippen molar-refractivity contribution in [3.63, 3.8) is 0 Å². The van der Waals surface area contributed by atoms with Gasteiger partial charge < -0.3 is 9.88 Å². The Morgan fingerprint density at radius 2 is 2.27 bits per heavy atom. The van der Waals surface area contributed by atoms with Crippen LogP contribution in [0.2, 0.25) is 0 Å². The molecule has 2 heterocycles. The summed E-state index contributed by atoms with van der Waals surface area (Å²) >= 11 is 0. The molecule has 2 rings (SSSR count). The first kappa shape index (κ1) is 10.6. The molecule has 1 aliphatic heterocycles. The predicted molar refractivity (Wildman–Crippen MR) is 58.5 cm³/mol. The quantitative estimate of drug-likeness (QED) is 0.740. The fourth-order valence-corrected chi connectivity index (χ4v) is 1.89. The third-order valence-corrected chi connectivity index (χ3v) is 3.17. The van der Waals surface area contributed by atoms with Crippen LogP contribution in [0, 0.1) is 6.92 Å². The number of hydrogen-bond donors (Lipinski definition) is 1. The van der Waals surface area contributed by atoms with Crippen LogP contribution in [0.1, 0.15) is 18.6 Å². The van der Waals surface area contributed by atoms with E-state index in [1.54, 1.807) is 0 Å². The minimum atomic E-state index is 0.579. The van der Waals surface area contributed by atoms with E-state index in [9.17, 15) is 0 Å². The summed E-state index contributed by atoms with van der Waals surface area (Å²) in [5.74, 6) is 2.04. The third kappa shape index (κ3) is 2.18. The Labute approximate surface area is 90.5 Å². The van der Waals surface area contributed by atoms with Crippen molar-refractivity contribution in [2.24, 2.45) is 7.05 Å². The average molecular weight is 209 g/mol. The van der Waals surface area contributed by atoms with Gasteiger partial charge in [-0.25, -0.2) is 0 Å². The largest absolute Gasteiger partial charge is 0.317 e. The maximum Gasteiger partial charge on any atom is 0.146 e. The number of aryl methyl sites for hydroxylation is 1. The molecule has 5 nitrogen and oxygen atoms in total. The Hall–Kier alpha value is -0.940. The Bertz CT molecular complexity index is 333. The van der Waals surface area contributed by atoms with Gasteiger partial charge >= 0.3 is 0 Å². The van der Waals surface area contributed by atoms with Crippen LogP contribution in [-0.2, 0) is 13.6 Å². The topological polar surface area (TPSA) is 46.0 Å². The van der Waals surface area contributed by atoms with Crippen molar-refractivity contribution in [2.45, 2.75) is 26.4 Å². The molecule has 1 atom stereocenters. The van der Waals surface area contributed by atoms with E-state index in [1.165, 1.54) is 0 Å². The van der Waals surface area contributed by atoms with Gasteiger partial charge in [0, 0.05) is 32.7 Å². The molecule has 1 fully saturated rings. The van der Waals surface area contributed by atoms with Gasteiger partial charge in [0.2, 0.25) is 0 Å². The van der Waals surface area contributed by atoms with Crippen LogP contribution >= 0.6 is 0 Å². The van der Waals surface area contributed by atoms with E-state index in [0.717, 1.165) is 37.8 Å². The fraction of sp³-hybridized carbons (Fsp3) is 0.800. The smallest absolute Gasteiger partial charge is 0.146 e. The summed E-state index contributed by atoms with van der Waals surface area (Å²) in [5.41, 5.74) is 0. The number of hydrogen-bond acceptors (Lipinski definition) is 4. The zero-order chi connectivity index (χ0) is 10.8. The maximum absolute atomic E-state index is 4.19. The Morgan fingerprint density at radius 3 is 2.87 bits per heavy atom. The molecule has 0 aromatic carbocycles. The summed E-state index contributed by atoms with van der Waals surface area (Å²) in [4.78, 5) is 2.44. The number of rotatable bonds is 2. The van der Waals surface area contributed by atoms with E-state index in [-0.39, 0.29) is 0 Å². The van der Waals surface area contributed by atoms with Crippen LogP contribution in [0.25, 0.3) is 0 Å². The van der Waals surface area contributed by atoms with E-state index in [4.69, 9.17) is 0 Å². The van der Waals surface area contributed by atoms with E-state index in [0.29, 0.717) is 6.04 Å². The minimum Gasteiger partial charge on any atom is -0.317 e. The second-order valence-corrected chi connectivity index (χ2v) is 4.25. The molecule has 0 saturated carbocycles. The normalized spacial score (nSPS) is 23.3. The van der Waals surface area contributed by atoms with Gasteiger partial charge in [-0.15, -0.1) is 10.2 Å². The minimum absolute atomic E-state index is 0.579. The molecule has 1 aromatic heterocycles. The lowest BCUT2D eigenvalue weighted by Crippen LogP contribution is -2.49. The molecule has 1 aromatic rings. The number of nitrogens with one attached hydrogen (secondary N) is 1. The summed E-state index contributed by atoms with van der Waals surface area (Å²) in [6, 6.07) is 0.579. The highest BCUT2D eigenvalue weighted by Gasteiger charge is 2.19. The first-order valence-electron chi connectivity index (χ1n) is 5.48. The highest BCUT2D eigenvalue weighted by atomic mass is 15.3. The lowest BCUT2D eigenvalue weighted by Gasteiger charge is -2.33. The molecule has 0 aliphatic carbocycles. The van der Waals surface area contributed by atoms with Crippen LogP contribution in [0.5, 0.6) is 0 Å². The molecule has 15 heavy (non-hydrogen) atoms. The Morgan fingerprint density at radius 1 is 1.47 bits per heavy atom. The Kier molecular flexibility index (Phi) is 3.02. The molecule has 1 saturated heterocycles. The van der Waals surface area contributed by atoms with E-state index in [2.05, 4.69) is 31.9 Å². The predicted octanol–water partition coefficient (Wildman–Crippen LogP) is -0.0828. The summed E-state index contributed by atoms with van der Waals surface area (Å²) in [6.45, 7) is 8.36. The maximum atomic E-state index is 4.19. The van der Waals surface area contributed by atoms with Gasteiger partial charge in [0.1, 0.15) is 11.6 Å². The molecule has 1 aliphatic rings. The molecule has 0 spiro atoms. The number of nitrogens with zero attached hydrogens (tertiary/aromatic N) is 4. The standard InChI is InChI=1S/C10H19N5/c1-8-6-11-4-5-15(8)7-10-13-12-9(2)14(10)3/h8,11H,4-7H2,1-3H3. The SMILES string of the molecule is Cc1nnc(CN2CCNCC2C)n1C. The molecule has 0 radical (unpaired) electrons. The van der Waals surface area contributed by atoms with E-state index >= 15 is 0 Å². The van der Waals surface area contributed by atoms with Gasteiger partial charge in [0.15, 0.2) is 0 Å². The average Bonchev–Trinajstić information content (AvgIpc) is 2.53. The van der Waals surface area contributed by atoms with Crippen LogP contribution in [-0.4, -0.2) is 45.3 Å². The first-order valence-corrected chi connectivity index (χ1v) is 5.48. The summed E-state index contributed by atoms with van der Waals surface area (Å²) in [6.07, 6.45) is 0.